The summed E-state index contributed by atoms with van der Waals surface area (Å²) in [5.74, 6) is -0.508. The van der Waals surface area contributed by atoms with Gasteiger partial charge in [0.15, 0.2) is 0 Å². The predicted octanol–water partition coefficient (Wildman–Crippen LogP) is 23.7. The van der Waals surface area contributed by atoms with E-state index in [1.807, 2.05) is 33.3 Å². The molecule has 1 amide bonds. The van der Waals surface area contributed by atoms with Crippen LogP contribution in [-0.4, -0.2) is 74.3 Å². The van der Waals surface area contributed by atoms with Gasteiger partial charge in [0.2, 0.25) is 5.91 Å². The van der Waals surface area contributed by atoms with Crippen LogP contribution in [0.2, 0.25) is 0 Å². The van der Waals surface area contributed by atoms with E-state index in [4.69, 9.17) is 13.8 Å². The maximum Gasteiger partial charge on any atom is 0.472 e. The van der Waals surface area contributed by atoms with E-state index < -0.39 is 20.0 Å². The van der Waals surface area contributed by atoms with Crippen LogP contribution >= 0.6 is 7.82 Å². The van der Waals surface area contributed by atoms with E-state index in [-0.39, 0.29) is 31.5 Å². The Labute approximate surface area is 539 Å². The number of hydrogen-bond donors (Lipinski definition) is 2. The average molecular weight is 1240 g/mol. The minimum absolute atomic E-state index is 0.0359. The van der Waals surface area contributed by atoms with E-state index in [9.17, 15) is 19.0 Å². The van der Waals surface area contributed by atoms with Crippen LogP contribution in [0.5, 0.6) is 0 Å². The molecule has 0 saturated carbocycles. The van der Waals surface area contributed by atoms with E-state index in [1.165, 1.54) is 212 Å². The number of rotatable bonds is 67. The summed E-state index contributed by atoms with van der Waals surface area (Å²) in [6, 6.07) is -0.859. The molecule has 0 aliphatic carbocycles. The van der Waals surface area contributed by atoms with Gasteiger partial charge in [-0.25, -0.2) is 4.57 Å². The van der Waals surface area contributed by atoms with Crippen molar-refractivity contribution in [3.63, 3.8) is 0 Å². The van der Waals surface area contributed by atoms with Crippen LogP contribution in [-0.2, 0) is 27.9 Å². The molecule has 2 N–H and O–H groups in total. The molecule has 10 heteroatoms. The lowest BCUT2D eigenvalue weighted by atomic mass is 10.0. The van der Waals surface area contributed by atoms with Gasteiger partial charge in [0, 0.05) is 12.8 Å². The third kappa shape index (κ3) is 67.4. The number of likely N-dealkylation sites (N-methyl/N-ethyl adjacent to an activating group) is 1. The summed E-state index contributed by atoms with van der Waals surface area (Å²) in [7, 11) is 1.49. The Hall–Kier alpha value is -2.81. The number of carbonyl (C=O) groups excluding carboxylic acids is 2. The summed E-state index contributed by atoms with van der Waals surface area (Å²) in [5, 5.41) is 3.07. The molecule has 0 saturated heterocycles. The molecule has 3 unspecified atom stereocenters. The lowest BCUT2D eigenvalue weighted by molar-refractivity contribution is -0.870. The maximum atomic E-state index is 13.6. The minimum Gasteiger partial charge on any atom is -0.456 e. The number of phosphoric acid groups is 1. The Bertz CT molecular complexity index is 1760. The first-order valence-electron chi connectivity index (χ1n) is 36.9. The van der Waals surface area contributed by atoms with Crippen molar-refractivity contribution in [3.05, 3.63) is 85.1 Å². The third-order valence-electron chi connectivity index (χ3n) is 16.3. The van der Waals surface area contributed by atoms with Crippen molar-refractivity contribution in [1.82, 2.24) is 5.32 Å². The largest absolute Gasteiger partial charge is 0.472 e. The smallest absolute Gasteiger partial charge is 0.456 e. The Kier molecular flexibility index (Phi) is 64.0. The number of esters is 1. The Morgan fingerprint density at radius 1 is 0.402 bits per heavy atom. The number of amides is 1. The van der Waals surface area contributed by atoms with Gasteiger partial charge < -0.3 is 19.4 Å². The molecule has 0 bridgehead atoms. The molecule has 0 aromatic heterocycles. The van der Waals surface area contributed by atoms with E-state index in [2.05, 4.69) is 99.0 Å². The monoisotopic (exact) mass is 1240 g/mol. The molecule has 3 atom stereocenters. The highest BCUT2D eigenvalue weighted by Gasteiger charge is 2.30. The molecule has 0 rings (SSSR count). The number of allylic oxidation sites excluding steroid dienone is 13. The van der Waals surface area contributed by atoms with Crippen molar-refractivity contribution in [1.29, 1.82) is 0 Å². The normalized spacial score (nSPS) is 14.0. The lowest BCUT2D eigenvalue weighted by Crippen LogP contribution is -2.47. The molecule has 0 spiro atoms. The molecule has 506 valence electrons. The molecule has 0 aromatic rings. The number of hydrogen-bond acceptors (Lipinski definition) is 6. The zero-order chi connectivity index (χ0) is 63.5. The second-order valence-corrected chi connectivity index (χ2v) is 27.6. The summed E-state index contributed by atoms with van der Waals surface area (Å²) in [6.45, 7) is 6.99. The number of ether oxygens (including phenoxy) is 1. The fourth-order valence-corrected chi connectivity index (χ4v) is 11.3. The molecule has 0 radical (unpaired) electrons. The van der Waals surface area contributed by atoms with Crippen LogP contribution in [0.25, 0.3) is 0 Å². The van der Waals surface area contributed by atoms with Crippen LogP contribution in [0, 0.1) is 0 Å². The highest BCUT2D eigenvalue weighted by Crippen LogP contribution is 2.43. The zero-order valence-corrected chi connectivity index (χ0v) is 58.9. The summed E-state index contributed by atoms with van der Waals surface area (Å²) < 4.78 is 30.9. The van der Waals surface area contributed by atoms with Gasteiger partial charge in [0.05, 0.1) is 33.8 Å². The number of phosphoric ester groups is 1. The molecule has 0 heterocycles. The van der Waals surface area contributed by atoms with Gasteiger partial charge in [-0.3, -0.25) is 18.6 Å². The topological polar surface area (TPSA) is 111 Å². The first kappa shape index (κ1) is 84.2. The van der Waals surface area contributed by atoms with E-state index >= 15 is 0 Å². The van der Waals surface area contributed by atoms with E-state index in [0.717, 1.165) is 96.3 Å². The van der Waals surface area contributed by atoms with Crippen molar-refractivity contribution in [3.8, 4) is 0 Å². The van der Waals surface area contributed by atoms with Crippen molar-refractivity contribution >= 4 is 19.7 Å². The van der Waals surface area contributed by atoms with Crippen LogP contribution < -0.4 is 5.32 Å². The Balaban J connectivity index is 5.09. The molecule has 0 fully saturated rings. The van der Waals surface area contributed by atoms with Gasteiger partial charge in [-0.2, -0.15) is 0 Å². The Morgan fingerprint density at radius 2 is 0.701 bits per heavy atom. The molecule has 0 aromatic carbocycles. The van der Waals surface area contributed by atoms with Gasteiger partial charge >= 0.3 is 13.8 Å². The molecule has 0 aliphatic rings. The second-order valence-electron chi connectivity index (χ2n) is 26.1. The van der Waals surface area contributed by atoms with Crippen molar-refractivity contribution in [2.75, 3.05) is 40.9 Å². The predicted molar refractivity (Wildman–Crippen MR) is 378 cm³/mol. The maximum absolute atomic E-state index is 13.6. The Morgan fingerprint density at radius 3 is 1.07 bits per heavy atom. The van der Waals surface area contributed by atoms with Gasteiger partial charge in [0.25, 0.3) is 0 Å². The van der Waals surface area contributed by atoms with Gasteiger partial charge in [0.1, 0.15) is 19.3 Å². The number of quaternary nitrogens is 1. The van der Waals surface area contributed by atoms with Crippen molar-refractivity contribution in [2.45, 2.75) is 354 Å². The number of nitrogens with one attached hydrogen (secondary N) is 1. The van der Waals surface area contributed by atoms with Gasteiger partial charge in [-0.1, -0.05) is 305 Å². The first-order chi connectivity index (χ1) is 42.4. The van der Waals surface area contributed by atoms with Crippen LogP contribution in [0.1, 0.15) is 342 Å². The molecular formula is C77H142N2O7P+. The van der Waals surface area contributed by atoms with Crippen LogP contribution in [0.15, 0.2) is 85.1 Å². The summed E-state index contributed by atoms with van der Waals surface area (Å²) >= 11 is 0. The van der Waals surface area contributed by atoms with Gasteiger partial charge in [-0.15, -0.1) is 0 Å². The zero-order valence-electron chi connectivity index (χ0n) is 58.0. The SMILES string of the molecule is CCCCC/C=C\C/C=C\C/C=C\C/C=C\CCCCCCCCCC(=O)NC(COP(=O)(O)OCC[N+](C)(C)C)C(/C=C/CCCCCCCCCCCCC)OC(=O)CCCCCCCCCCCCCCCCC/C=C\C/C=C\CCCCC. The van der Waals surface area contributed by atoms with Crippen molar-refractivity contribution in [2.24, 2.45) is 0 Å². The van der Waals surface area contributed by atoms with Gasteiger partial charge in [-0.05, 0) is 109 Å². The van der Waals surface area contributed by atoms with E-state index in [0.29, 0.717) is 17.4 Å². The standard InChI is InChI=1S/C77H141N2O7P/c1-7-10-13-16-19-22-25-28-30-32-34-36-38-39-41-43-45-47-49-52-55-58-61-64-67-70-77(81)86-75(68-65-62-59-56-53-50-27-24-21-18-15-12-9-3)74(73-85-87(82,83)84-72-71-79(4,5)6)78-76(80)69-66-63-60-57-54-51-48-46-44-42-40-37-35-33-31-29-26-23-20-17-14-11-8-2/h19-20,22-23,28-31,35,37,42,44,65,68,74-75H,7-18,21,24-27,32-34,36,38-41,43,45-64,66-67,69-73H2,1-6H3,(H-,78,80,82,83)/p+1/b22-19-,23-20-,30-28-,31-29-,37-35-,44-42-,68-65+. The molecular weight excluding hydrogens is 1100 g/mol. The minimum atomic E-state index is -4.46. The number of carbonyl (C=O) groups is 2. The number of unbranched alkanes of at least 4 members (excludes halogenated alkanes) is 39. The molecule has 9 nitrogen and oxygen atoms in total. The highest BCUT2D eigenvalue weighted by molar-refractivity contribution is 7.47. The first-order valence-corrected chi connectivity index (χ1v) is 38.4. The molecule has 87 heavy (non-hydrogen) atoms. The lowest BCUT2D eigenvalue weighted by Gasteiger charge is -2.27. The second kappa shape index (κ2) is 66.1. The highest BCUT2D eigenvalue weighted by atomic mass is 31.2. The van der Waals surface area contributed by atoms with Crippen LogP contribution in [0.4, 0.5) is 0 Å². The fourth-order valence-electron chi connectivity index (χ4n) is 10.6. The van der Waals surface area contributed by atoms with E-state index in [1.54, 1.807) is 0 Å². The average Bonchev–Trinajstić information content (AvgIpc) is 3.69. The summed E-state index contributed by atoms with van der Waals surface area (Å²) in [4.78, 5) is 38.0. The van der Waals surface area contributed by atoms with Crippen LogP contribution in [0.3, 0.4) is 0 Å². The quantitative estimate of drug-likeness (QED) is 0.0205. The fraction of sp³-hybridized carbons (Fsp3) is 0.792. The molecule has 0 aliphatic heterocycles. The summed E-state index contributed by atoms with van der Waals surface area (Å²) in [6.07, 6.45) is 88.8. The number of nitrogens with zero attached hydrogens (tertiary/aromatic N) is 1. The summed E-state index contributed by atoms with van der Waals surface area (Å²) in [5.41, 5.74) is 0. The third-order valence-corrected chi connectivity index (χ3v) is 17.3. The van der Waals surface area contributed by atoms with Crippen molar-refractivity contribution < 1.29 is 37.3 Å².